The Kier molecular flexibility index (Phi) is 6.18. The number of carbonyl (C=O) groups is 2. The summed E-state index contributed by atoms with van der Waals surface area (Å²) in [4.78, 5) is 27.7. The van der Waals surface area contributed by atoms with Gasteiger partial charge in [-0.05, 0) is 51.6 Å². The Balaban J connectivity index is 2.17. The molecule has 1 amide bonds. The second-order valence-electron chi connectivity index (χ2n) is 6.13. The third-order valence-electron chi connectivity index (χ3n) is 4.55. The number of ether oxygens (including phenoxy) is 1. The van der Waals surface area contributed by atoms with E-state index >= 15 is 0 Å². The van der Waals surface area contributed by atoms with Gasteiger partial charge in [-0.25, -0.2) is 4.79 Å². The molecule has 2 rings (SSSR count). The van der Waals surface area contributed by atoms with Crippen LogP contribution in [0.15, 0.2) is 0 Å². The molecule has 1 aliphatic rings. The Morgan fingerprint density at radius 1 is 1.35 bits per heavy atom. The second-order valence-corrected chi connectivity index (χ2v) is 7.23. The fourth-order valence-electron chi connectivity index (χ4n) is 2.83. The molecule has 0 aromatic carbocycles. The molecule has 0 spiro atoms. The van der Waals surface area contributed by atoms with Crippen molar-refractivity contribution in [3.05, 3.63) is 16.0 Å². The number of likely N-dealkylation sites (N-methyl/N-ethyl adjacent to an activating group) is 1. The molecular formula is C17H26N2O3S. The molecule has 0 bridgehead atoms. The van der Waals surface area contributed by atoms with Gasteiger partial charge in [-0.1, -0.05) is 6.92 Å². The lowest BCUT2D eigenvalue weighted by Crippen LogP contribution is -2.36. The molecule has 5 nitrogen and oxygen atoms in total. The maximum absolute atomic E-state index is 12.3. The molecule has 6 heteroatoms. The zero-order valence-electron chi connectivity index (χ0n) is 14.4. The summed E-state index contributed by atoms with van der Waals surface area (Å²) >= 11 is 1.52. The van der Waals surface area contributed by atoms with Gasteiger partial charge in [0.15, 0.2) is 0 Å². The monoisotopic (exact) mass is 338 g/mol. The summed E-state index contributed by atoms with van der Waals surface area (Å²) in [6.07, 6.45) is 5.08. The number of amides is 1. The van der Waals surface area contributed by atoms with Crippen LogP contribution in [0.3, 0.4) is 0 Å². The van der Waals surface area contributed by atoms with E-state index in [1.807, 2.05) is 11.9 Å². The lowest BCUT2D eigenvalue weighted by molar-refractivity contribution is -0.117. The van der Waals surface area contributed by atoms with Crippen molar-refractivity contribution in [1.29, 1.82) is 0 Å². The maximum atomic E-state index is 12.3. The standard InChI is InChI=1S/C17H26N2O3S/c1-5-11(2)19(3)10-14(20)18-16-15(17(21)22-4)12-8-6-7-9-13(12)23-16/h11H,5-10H2,1-4H3,(H,18,20). The summed E-state index contributed by atoms with van der Waals surface area (Å²) in [5.41, 5.74) is 1.63. The number of hydrogen-bond donors (Lipinski definition) is 1. The van der Waals surface area contributed by atoms with E-state index in [1.54, 1.807) is 0 Å². The average Bonchev–Trinajstić information content (AvgIpc) is 2.90. The third kappa shape index (κ3) is 4.12. The van der Waals surface area contributed by atoms with Crippen molar-refractivity contribution in [3.63, 3.8) is 0 Å². The molecular weight excluding hydrogens is 312 g/mol. The van der Waals surface area contributed by atoms with Gasteiger partial charge < -0.3 is 10.1 Å². The highest BCUT2D eigenvalue weighted by atomic mass is 32.1. The second kappa shape index (κ2) is 7.93. The van der Waals surface area contributed by atoms with Gasteiger partial charge in [0.2, 0.25) is 5.91 Å². The molecule has 1 aromatic rings. The molecule has 23 heavy (non-hydrogen) atoms. The van der Waals surface area contributed by atoms with Crippen LogP contribution in [0.1, 0.15) is 53.9 Å². The zero-order valence-corrected chi connectivity index (χ0v) is 15.2. The summed E-state index contributed by atoms with van der Waals surface area (Å²) in [7, 11) is 3.33. The number of nitrogens with one attached hydrogen (secondary N) is 1. The van der Waals surface area contributed by atoms with Crippen molar-refractivity contribution >= 4 is 28.2 Å². The maximum Gasteiger partial charge on any atom is 0.341 e. The molecule has 128 valence electrons. The third-order valence-corrected chi connectivity index (χ3v) is 5.76. The number of anilines is 1. The number of methoxy groups -OCH3 is 1. The summed E-state index contributed by atoms with van der Waals surface area (Å²) in [6.45, 7) is 4.51. The lowest BCUT2D eigenvalue weighted by Gasteiger charge is -2.22. The highest BCUT2D eigenvalue weighted by Crippen LogP contribution is 2.38. The zero-order chi connectivity index (χ0) is 17.0. The summed E-state index contributed by atoms with van der Waals surface area (Å²) < 4.78 is 4.93. The van der Waals surface area contributed by atoms with Gasteiger partial charge in [-0.2, -0.15) is 0 Å². The first-order valence-corrected chi connectivity index (χ1v) is 9.02. The van der Waals surface area contributed by atoms with Crippen LogP contribution >= 0.6 is 11.3 Å². The van der Waals surface area contributed by atoms with Gasteiger partial charge in [-0.3, -0.25) is 9.69 Å². The highest BCUT2D eigenvalue weighted by molar-refractivity contribution is 7.17. The van der Waals surface area contributed by atoms with E-state index in [1.165, 1.54) is 23.3 Å². The van der Waals surface area contributed by atoms with E-state index < -0.39 is 0 Å². The molecule has 1 N–H and O–H groups in total. The van der Waals surface area contributed by atoms with Gasteiger partial charge in [0.05, 0.1) is 19.2 Å². The van der Waals surface area contributed by atoms with Gasteiger partial charge in [-0.15, -0.1) is 11.3 Å². The number of thiophene rings is 1. The molecule has 0 fully saturated rings. The van der Waals surface area contributed by atoms with Gasteiger partial charge in [0.25, 0.3) is 0 Å². The summed E-state index contributed by atoms with van der Waals surface area (Å²) in [6, 6.07) is 0.345. The molecule has 1 aromatic heterocycles. The normalized spacial score (nSPS) is 15.2. The van der Waals surface area contributed by atoms with E-state index in [0.29, 0.717) is 23.2 Å². The molecule has 1 unspecified atom stereocenters. The fourth-order valence-corrected chi connectivity index (χ4v) is 4.13. The van der Waals surface area contributed by atoms with E-state index in [-0.39, 0.29) is 11.9 Å². The van der Waals surface area contributed by atoms with E-state index in [9.17, 15) is 9.59 Å². The smallest absolute Gasteiger partial charge is 0.341 e. The van der Waals surface area contributed by atoms with Crippen LogP contribution in [0.4, 0.5) is 5.00 Å². The largest absolute Gasteiger partial charge is 0.465 e. The molecule has 1 atom stereocenters. The Morgan fingerprint density at radius 2 is 2.04 bits per heavy atom. The summed E-state index contributed by atoms with van der Waals surface area (Å²) in [5.74, 6) is -0.438. The molecule has 0 aliphatic heterocycles. The Labute approximate surface area is 142 Å². The molecule has 0 saturated heterocycles. The first-order chi connectivity index (χ1) is 11.0. The van der Waals surface area contributed by atoms with Crippen molar-refractivity contribution in [3.8, 4) is 0 Å². The Morgan fingerprint density at radius 3 is 2.70 bits per heavy atom. The van der Waals surface area contributed by atoms with Gasteiger partial charge >= 0.3 is 5.97 Å². The minimum Gasteiger partial charge on any atom is -0.465 e. The van der Waals surface area contributed by atoms with E-state index in [2.05, 4.69) is 19.2 Å². The number of aryl methyl sites for hydroxylation is 1. The van der Waals surface area contributed by atoms with E-state index in [0.717, 1.165) is 37.7 Å². The van der Waals surface area contributed by atoms with Crippen molar-refractivity contribution in [2.45, 2.75) is 52.0 Å². The predicted octanol–water partition coefficient (Wildman–Crippen LogP) is 3.08. The Bertz CT molecular complexity index is 583. The molecule has 1 heterocycles. The predicted molar refractivity (Wildman–Crippen MR) is 93.3 cm³/mol. The number of fused-ring (bicyclic) bond motifs is 1. The first kappa shape index (κ1) is 17.9. The molecule has 0 radical (unpaired) electrons. The van der Waals surface area contributed by atoms with Crippen LogP contribution in [0, 0.1) is 0 Å². The van der Waals surface area contributed by atoms with Crippen LogP contribution in [0.25, 0.3) is 0 Å². The van der Waals surface area contributed by atoms with Crippen molar-refractivity contribution in [2.24, 2.45) is 0 Å². The topological polar surface area (TPSA) is 58.6 Å². The number of hydrogen-bond acceptors (Lipinski definition) is 5. The van der Waals surface area contributed by atoms with Gasteiger partial charge in [0, 0.05) is 10.9 Å². The minimum absolute atomic E-state index is 0.0865. The van der Waals surface area contributed by atoms with Crippen molar-refractivity contribution in [2.75, 3.05) is 26.0 Å². The lowest BCUT2D eigenvalue weighted by atomic mass is 9.95. The fraction of sp³-hybridized carbons (Fsp3) is 0.647. The molecule has 1 aliphatic carbocycles. The van der Waals surface area contributed by atoms with Crippen LogP contribution in [0.5, 0.6) is 0 Å². The number of nitrogens with zero attached hydrogens (tertiary/aromatic N) is 1. The average molecular weight is 338 g/mol. The van der Waals surface area contributed by atoms with E-state index in [4.69, 9.17) is 4.74 Å². The van der Waals surface area contributed by atoms with Crippen LogP contribution < -0.4 is 5.32 Å². The van der Waals surface area contributed by atoms with Crippen molar-refractivity contribution in [1.82, 2.24) is 4.90 Å². The first-order valence-electron chi connectivity index (χ1n) is 8.20. The van der Waals surface area contributed by atoms with Gasteiger partial charge in [0.1, 0.15) is 5.00 Å². The molecule has 0 saturated carbocycles. The number of esters is 1. The van der Waals surface area contributed by atoms with Crippen LogP contribution in [-0.2, 0) is 22.4 Å². The SMILES string of the molecule is CCC(C)N(C)CC(=O)Nc1sc2c(c1C(=O)OC)CCCC2. The van der Waals surface area contributed by atoms with Crippen LogP contribution in [0.2, 0.25) is 0 Å². The minimum atomic E-state index is -0.352. The number of carbonyl (C=O) groups excluding carboxylic acids is 2. The quantitative estimate of drug-likeness (QED) is 0.810. The summed E-state index contributed by atoms with van der Waals surface area (Å²) in [5, 5.41) is 3.57. The van der Waals surface area contributed by atoms with Crippen molar-refractivity contribution < 1.29 is 14.3 Å². The number of rotatable bonds is 6. The van der Waals surface area contributed by atoms with Crippen LogP contribution in [-0.4, -0.2) is 43.5 Å². The Hall–Kier alpha value is -1.40. The highest BCUT2D eigenvalue weighted by Gasteiger charge is 2.27.